The van der Waals surface area contributed by atoms with Crippen LogP contribution in [0.1, 0.15) is 100 Å². The second-order valence-electron chi connectivity index (χ2n) is 13.0. The molecule has 42 heavy (non-hydrogen) atoms. The van der Waals surface area contributed by atoms with Crippen molar-refractivity contribution in [1.82, 2.24) is 30.0 Å². The summed E-state index contributed by atoms with van der Waals surface area (Å²) in [5, 5.41) is 4.62. The number of carbonyl (C=O) groups is 2. The van der Waals surface area contributed by atoms with Crippen LogP contribution >= 0.6 is 0 Å². The Bertz CT molecular complexity index is 1440. The summed E-state index contributed by atoms with van der Waals surface area (Å²) in [4.78, 5) is 39.6. The summed E-state index contributed by atoms with van der Waals surface area (Å²) in [7, 11) is 1.40. The van der Waals surface area contributed by atoms with Crippen molar-refractivity contribution in [3.63, 3.8) is 0 Å². The normalized spacial score (nSPS) is 22.5. The van der Waals surface area contributed by atoms with Gasteiger partial charge in [-0.25, -0.2) is 24.8 Å². The van der Waals surface area contributed by atoms with Gasteiger partial charge in [-0.3, -0.25) is 10.2 Å². The zero-order valence-corrected chi connectivity index (χ0v) is 25.1. The van der Waals surface area contributed by atoms with E-state index in [1.54, 1.807) is 0 Å². The maximum absolute atomic E-state index is 13.2. The Kier molecular flexibility index (Phi) is 7.81. The fraction of sp³-hybridized carbons (Fsp3) is 0.594. The van der Waals surface area contributed by atoms with Crippen LogP contribution in [0.15, 0.2) is 30.3 Å². The Balaban J connectivity index is 1.50. The van der Waals surface area contributed by atoms with Crippen LogP contribution in [0.5, 0.6) is 0 Å². The van der Waals surface area contributed by atoms with E-state index < -0.39 is 11.9 Å². The van der Waals surface area contributed by atoms with Crippen molar-refractivity contribution in [2.45, 2.75) is 96.1 Å². The Labute approximate surface area is 247 Å². The van der Waals surface area contributed by atoms with Gasteiger partial charge in [0.25, 0.3) is 0 Å². The quantitative estimate of drug-likeness (QED) is 0.311. The van der Waals surface area contributed by atoms with E-state index in [1.807, 2.05) is 0 Å². The molecule has 0 aliphatic heterocycles. The van der Waals surface area contributed by atoms with Gasteiger partial charge in [0, 0.05) is 19.6 Å². The van der Waals surface area contributed by atoms with E-state index in [0.29, 0.717) is 23.3 Å². The average Bonchev–Trinajstić information content (AvgIpc) is 3.27. The highest BCUT2D eigenvalue weighted by atomic mass is 16.2. The lowest BCUT2D eigenvalue weighted by Gasteiger charge is -2.42. The Hall–Kier alpha value is -3.69. The fourth-order valence-electron chi connectivity index (χ4n) is 7.01. The third-order valence-electron chi connectivity index (χ3n) is 10.2. The number of amides is 3. The number of hydrogen-bond acceptors (Lipinski definition) is 6. The van der Waals surface area contributed by atoms with Crippen LogP contribution in [0.3, 0.4) is 0 Å². The lowest BCUT2D eigenvalue weighted by Crippen LogP contribution is -2.46. The molecule has 10 nitrogen and oxygen atoms in total. The van der Waals surface area contributed by atoms with Crippen molar-refractivity contribution in [3.05, 3.63) is 47.5 Å². The molecular formula is C32H44N8O2. The van der Waals surface area contributed by atoms with Crippen LogP contribution in [0.4, 0.5) is 10.6 Å². The molecular weight excluding hydrogens is 528 g/mol. The molecule has 10 heteroatoms. The number of fused-ring (bicyclic) bond motifs is 1. The van der Waals surface area contributed by atoms with Gasteiger partial charge in [0.1, 0.15) is 11.3 Å². The number of benzene rings is 1. The van der Waals surface area contributed by atoms with Crippen LogP contribution in [-0.2, 0) is 12.0 Å². The molecule has 3 aromatic rings. The van der Waals surface area contributed by atoms with Gasteiger partial charge in [0.2, 0.25) is 5.82 Å². The summed E-state index contributed by atoms with van der Waals surface area (Å²) in [5.41, 5.74) is 10.3. The van der Waals surface area contributed by atoms with Crippen LogP contribution in [0, 0.1) is 17.8 Å². The van der Waals surface area contributed by atoms with Crippen molar-refractivity contribution < 1.29 is 9.59 Å². The van der Waals surface area contributed by atoms with E-state index in [2.05, 4.69) is 59.5 Å². The molecule has 2 heterocycles. The lowest BCUT2D eigenvalue weighted by molar-refractivity contribution is 0.0848. The topological polar surface area (TPSA) is 131 Å². The number of urea groups is 1. The summed E-state index contributed by atoms with van der Waals surface area (Å²) in [6, 6.07) is 10.1. The predicted molar refractivity (Wildman–Crippen MR) is 163 cm³/mol. The monoisotopic (exact) mass is 572 g/mol. The minimum Gasteiger partial charge on any atom is -0.365 e. The maximum atomic E-state index is 13.2. The number of hydrazine groups is 1. The minimum atomic E-state index is -0.774. The van der Waals surface area contributed by atoms with Crippen molar-refractivity contribution in [3.8, 4) is 0 Å². The number of nitrogens with one attached hydrogen (secondary N) is 2. The summed E-state index contributed by atoms with van der Waals surface area (Å²) in [5.74, 6) is 2.90. The van der Waals surface area contributed by atoms with Crippen molar-refractivity contribution in [2.24, 2.45) is 23.5 Å². The van der Waals surface area contributed by atoms with Crippen LogP contribution < -0.4 is 16.5 Å². The molecule has 3 amide bonds. The van der Waals surface area contributed by atoms with Gasteiger partial charge >= 0.3 is 11.9 Å². The second kappa shape index (κ2) is 11.5. The summed E-state index contributed by atoms with van der Waals surface area (Å²) < 4.78 is 2.40. The molecule has 6 rings (SSSR count). The molecule has 3 aliphatic carbocycles. The summed E-state index contributed by atoms with van der Waals surface area (Å²) in [6.45, 7) is 5.41. The zero-order valence-electron chi connectivity index (χ0n) is 25.1. The Morgan fingerprint density at radius 3 is 2.36 bits per heavy atom. The number of carbonyl (C=O) groups excluding carboxylic acids is 2. The van der Waals surface area contributed by atoms with Crippen LogP contribution in [-0.4, -0.2) is 49.6 Å². The van der Waals surface area contributed by atoms with Crippen molar-refractivity contribution in [1.29, 1.82) is 0 Å². The van der Waals surface area contributed by atoms with Gasteiger partial charge in [-0.05, 0) is 68.8 Å². The third kappa shape index (κ3) is 5.31. The largest absolute Gasteiger partial charge is 0.365 e. The first-order valence-corrected chi connectivity index (χ1v) is 15.7. The van der Waals surface area contributed by atoms with Crippen LogP contribution in [0.25, 0.3) is 11.2 Å². The second-order valence-corrected chi connectivity index (χ2v) is 13.0. The number of aromatic nitrogens is 4. The van der Waals surface area contributed by atoms with Gasteiger partial charge in [0.05, 0.1) is 5.41 Å². The highest BCUT2D eigenvalue weighted by Crippen LogP contribution is 2.50. The highest BCUT2D eigenvalue weighted by Gasteiger charge is 2.45. The Morgan fingerprint density at radius 1 is 1.05 bits per heavy atom. The summed E-state index contributed by atoms with van der Waals surface area (Å²) >= 11 is 0. The molecule has 1 aromatic carbocycles. The zero-order chi connectivity index (χ0) is 29.4. The molecule has 0 saturated heterocycles. The van der Waals surface area contributed by atoms with Gasteiger partial charge < -0.3 is 15.6 Å². The fourth-order valence-corrected chi connectivity index (χ4v) is 7.01. The van der Waals surface area contributed by atoms with Gasteiger partial charge in [-0.15, -0.1) is 0 Å². The first-order chi connectivity index (χ1) is 20.2. The van der Waals surface area contributed by atoms with E-state index in [9.17, 15) is 9.59 Å². The van der Waals surface area contributed by atoms with Gasteiger partial charge in [-0.1, -0.05) is 62.9 Å². The van der Waals surface area contributed by atoms with Crippen LogP contribution in [0.2, 0.25) is 0 Å². The molecule has 0 bridgehead atoms. The minimum absolute atomic E-state index is 0.0380. The molecule has 3 aliphatic rings. The van der Waals surface area contributed by atoms with Crippen molar-refractivity contribution >= 4 is 28.9 Å². The van der Waals surface area contributed by atoms with E-state index in [4.69, 9.17) is 20.7 Å². The molecule has 4 N–H and O–H groups in total. The van der Waals surface area contributed by atoms with E-state index in [0.717, 1.165) is 48.1 Å². The smallest absolute Gasteiger partial charge is 0.333 e. The molecule has 0 spiro atoms. The van der Waals surface area contributed by atoms with E-state index >= 15 is 0 Å². The molecule has 0 unspecified atom stereocenters. The lowest BCUT2D eigenvalue weighted by atomic mass is 9.63. The number of nitrogens with two attached hydrogens (primary N) is 1. The average molecular weight is 573 g/mol. The first-order valence-electron chi connectivity index (χ1n) is 15.7. The SMILES string of the molecule is CC1CCC(Cn2c(C3(c4ccccc4)CCC3)nc3nc(C(=O)NN(C)C(N)=O)nc(N[C@H](C)C4CCC4)c32)CC1. The standard InChI is InChI=1S/C32H44N8O2/c1-20-13-15-22(16-14-20)19-40-25-26(34-21(2)23-9-7-10-23)35-28(29(41)38-39(3)31(33)42)36-27(25)37-30(40)32(17-8-18-32)24-11-5-4-6-12-24/h4-6,11-12,20-23H,7-10,13-19H2,1-3H3,(H2,33,42)(H,38,41)(H,34,35,36)/t20?,21-,22?/m1/s1. The number of rotatable bonds is 8. The van der Waals surface area contributed by atoms with Gasteiger partial charge in [-0.2, -0.15) is 0 Å². The number of primary amides is 1. The Morgan fingerprint density at radius 2 is 1.76 bits per heavy atom. The molecule has 1 atom stereocenters. The molecule has 0 radical (unpaired) electrons. The number of hydrogen-bond donors (Lipinski definition) is 3. The van der Waals surface area contributed by atoms with Gasteiger partial charge in [0.15, 0.2) is 11.5 Å². The molecule has 3 fully saturated rings. The molecule has 224 valence electrons. The molecule has 2 aromatic heterocycles. The summed E-state index contributed by atoms with van der Waals surface area (Å²) in [6.07, 6.45) is 11.7. The van der Waals surface area contributed by atoms with E-state index in [-0.39, 0.29) is 17.3 Å². The number of imidazole rings is 1. The highest BCUT2D eigenvalue weighted by molar-refractivity contribution is 5.95. The number of anilines is 1. The predicted octanol–water partition coefficient (Wildman–Crippen LogP) is 5.38. The number of nitrogens with zero attached hydrogens (tertiary/aromatic N) is 5. The van der Waals surface area contributed by atoms with E-state index in [1.165, 1.54) is 57.6 Å². The first kappa shape index (κ1) is 28.4. The third-order valence-corrected chi connectivity index (χ3v) is 10.2. The maximum Gasteiger partial charge on any atom is 0.333 e. The molecule has 3 saturated carbocycles. The van der Waals surface area contributed by atoms with Crippen molar-refractivity contribution in [2.75, 3.05) is 12.4 Å².